The van der Waals surface area contributed by atoms with Crippen LogP contribution in [0.4, 0.5) is 18.9 Å². The SMILES string of the molecule is Cl.Cn1cc(NCc2ccc(F)s2)c(OCC(F)F)n1. The van der Waals surface area contributed by atoms with Gasteiger partial charge in [-0.25, -0.2) is 8.78 Å². The number of nitrogens with one attached hydrogen (secondary N) is 1. The van der Waals surface area contributed by atoms with Gasteiger partial charge in [0.15, 0.2) is 11.7 Å². The number of thiophene rings is 1. The van der Waals surface area contributed by atoms with E-state index in [1.807, 2.05) is 0 Å². The average Bonchev–Trinajstić information content (AvgIpc) is 2.90. The third-order valence-corrected chi connectivity index (χ3v) is 3.10. The van der Waals surface area contributed by atoms with Crippen molar-refractivity contribution in [1.82, 2.24) is 9.78 Å². The van der Waals surface area contributed by atoms with Gasteiger partial charge in [0.1, 0.15) is 5.69 Å². The zero-order valence-electron chi connectivity index (χ0n) is 10.5. The van der Waals surface area contributed by atoms with Gasteiger partial charge < -0.3 is 10.1 Å². The minimum atomic E-state index is -2.55. The highest BCUT2D eigenvalue weighted by atomic mass is 35.5. The molecule has 0 fully saturated rings. The molecule has 0 saturated heterocycles. The maximum Gasteiger partial charge on any atom is 0.272 e. The smallest absolute Gasteiger partial charge is 0.272 e. The molecule has 0 unspecified atom stereocenters. The molecule has 0 saturated carbocycles. The minimum Gasteiger partial charge on any atom is -0.469 e. The average molecular weight is 328 g/mol. The van der Waals surface area contributed by atoms with Crippen molar-refractivity contribution in [1.29, 1.82) is 0 Å². The Morgan fingerprint density at radius 1 is 1.45 bits per heavy atom. The minimum absolute atomic E-state index is 0. The topological polar surface area (TPSA) is 39.1 Å². The van der Waals surface area contributed by atoms with Crippen molar-refractivity contribution in [2.24, 2.45) is 7.05 Å². The quantitative estimate of drug-likeness (QED) is 0.885. The van der Waals surface area contributed by atoms with Crippen LogP contribution >= 0.6 is 23.7 Å². The third kappa shape index (κ3) is 4.61. The number of aryl methyl sites for hydroxylation is 1. The molecule has 0 radical (unpaired) electrons. The van der Waals surface area contributed by atoms with Gasteiger partial charge in [-0.3, -0.25) is 4.68 Å². The zero-order chi connectivity index (χ0) is 13.8. The van der Waals surface area contributed by atoms with Gasteiger partial charge in [0.25, 0.3) is 12.3 Å². The number of nitrogens with zero attached hydrogens (tertiary/aromatic N) is 2. The molecule has 0 bridgehead atoms. The summed E-state index contributed by atoms with van der Waals surface area (Å²) < 4.78 is 43.4. The predicted molar refractivity (Wildman–Crippen MR) is 73.6 cm³/mol. The van der Waals surface area contributed by atoms with Gasteiger partial charge in [0.2, 0.25) is 0 Å². The summed E-state index contributed by atoms with van der Waals surface area (Å²) in [7, 11) is 1.66. The number of rotatable bonds is 6. The van der Waals surface area contributed by atoms with Crippen LogP contribution in [-0.2, 0) is 13.6 Å². The third-order valence-electron chi connectivity index (χ3n) is 2.22. The van der Waals surface area contributed by atoms with Crippen molar-refractivity contribution in [2.75, 3.05) is 11.9 Å². The Balaban J connectivity index is 0.00000200. The molecular formula is C11H13ClF3N3OS. The maximum atomic E-state index is 12.8. The Morgan fingerprint density at radius 2 is 2.20 bits per heavy atom. The van der Waals surface area contributed by atoms with E-state index in [-0.39, 0.29) is 23.4 Å². The first-order chi connectivity index (χ1) is 9.04. The number of hydrogen-bond acceptors (Lipinski definition) is 4. The van der Waals surface area contributed by atoms with E-state index in [1.165, 1.54) is 10.7 Å². The first kappa shape index (κ1) is 16.6. The van der Waals surface area contributed by atoms with E-state index in [0.717, 1.165) is 16.2 Å². The van der Waals surface area contributed by atoms with Crippen LogP contribution in [0.5, 0.6) is 5.88 Å². The van der Waals surface area contributed by atoms with Gasteiger partial charge >= 0.3 is 0 Å². The first-order valence-corrected chi connectivity index (χ1v) is 6.29. The fourth-order valence-electron chi connectivity index (χ4n) is 1.47. The molecule has 2 heterocycles. The van der Waals surface area contributed by atoms with Gasteiger partial charge in [-0.1, -0.05) is 0 Å². The van der Waals surface area contributed by atoms with E-state index in [0.29, 0.717) is 12.2 Å². The van der Waals surface area contributed by atoms with E-state index in [4.69, 9.17) is 4.74 Å². The van der Waals surface area contributed by atoms with E-state index in [9.17, 15) is 13.2 Å². The Morgan fingerprint density at radius 3 is 2.80 bits per heavy atom. The van der Waals surface area contributed by atoms with Gasteiger partial charge in [-0.05, 0) is 12.1 Å². The highest BCUT2D eigenvalue weighted by Crippen LogP contribution is 2.24. The molecular weight excluding hydrogens is 315 g/mol. The highest BCUT2D eigenvalue weighted by Gasteiger charge is 2.12. The lowest BCUT2D eigenvalue weighted by molar-refractivity contribution is 0.0796. The van der Waals surface area contributed by atoms with E-state index >= 15 is 0 Å². The van der Waals surface area contributed by atoms with Crippen LogP contribution in [0.2, 0.25) is 0 Å². The number of halogens is 4. The van der Waals surface area contributed by atoms with E-state index in [2.05, 4.69) is 10.4 Å². The molecule has 1 N–H and O–H groups in total. The second kappa shape index (κ2) is 7.39. The summed E-state index contributed by atoms with van der Waals surface area (Å²) in [6.07, 6.45) is -0.939. The van der Waals surface area contributed by atoms with E-state index in [1.54, 1.807) is 19.3 Å². The molecule has 4 nitrogen and oxygen atoms in total. The summed E-state index contributed by atoms with van der Waals surface area (Å²) in [6, 6.07) is 3.03. The summed E-state index contributed by atoms with van der Waals surface area (Å²) in [5, 5.41) is 6.64. The summed E-state index contributed by atoms with van der Waals surface area (Å²) in [4.78, 5) is 0.793. The Hall–Kier alpha value is -1.41. The van der Waals surface area contributed by atoms with Crippen LogP contribution in [0.15, 0.2) is 18.3 Å². The molecule has 0 atom stereocenters. The van der Waals surface area contributed by atoms with Gasteiger partial charge in [-0.2, -0.15) is 4.39 Å². The number of ether oxygens (including phenoxy) is 1. The van der Waals surface area contributed by atoms with Gasteiger partial charge in [0, 0.05) is 18.5 Å². The summed E-state index contributed by atoms with van der Waals surface area (Å²) in [5.74, 6) is 0.111. The lowest BCUT2D eigenvalue weighted by atomic mass is 10.4. The van der Waals surface area contributed by atoms with Crippen molar-refractivity contribution in [3.8, 4) is 5.88 Å². The second-order valence-electron chi connectivity index (χ2n) is 3.78. The van der Waals surface area contributed by atoms with Crippen LogP contribution in [0.3, 0.4) is 0 Å². The van der Waals surface area contributed by atoms with Crippen LogP contribution in [0.25, 0.3) is 0 Å². The Labute approximate surface area is 124 Å². The lowest BCUT2D eigenvalue weighted by Gasteiger charge is -2.06. The monoisotopic (exact) mass is 327 g/mol. The fraction of sp³-hybridized carbons (Fsp3) is 0.364. The number of aromatic nitrogens is 2. The summed E-state index contributed by atoms with van der Waals surface area (Å²) in [5.41, 5.74) is 0.497. The molecule has 0 aliphatic heterocycles. The van der Waals surface area contributed by atoms with Gasteiger partial charge in [-0.15, -0.1) is 28.8 Å². The molecule has 20 heavy (non-hydrogen) atoms. The summed E-state index contributed by atoms with van der Waals surface area (Å²) >= 11 is 1.02. The van der Waals surface area contributed by atoms with Crippen molar-refractivity contribution >= 4 is 29.4 Å². The standard InChI is InChI=1S/C11H12F3N3OS.ClH/c1-17-5-8(11(16-17)18-6-9(12)13)15-4-7-2-3-10(14)19-7;/h2-3,5,9,15H,4,6H2,1H3;1H. The van der Waals surface area contributed by atoms with Crippen molar-refractivity contribution in [3.63, 3.8) is 0 Å². The Kier molecular flexibility index (Phi) is 6.15. The summed E-state index contributed by atoms with van der Waals surface area (Å²) in [6.45, 7) is -0.329. The molecule has 0 aromatic carbocycles. The zero-order valence-corrected chi connectivity index (χ0v) is 12.1. The Bertz CT molecular complexity index is 547. The number of anilines is 1. The lowest BCUT2D eigenvalue weighted by Crippen LogP contribution is -2.09. The molecule has 0 spiro atoms. The molecule has 0 amide bonds. The molecule has 9 heteroatoms. The molecule has 2 aromatic rings. The first-order valence-electron chi connectivity index (χ1n) is 5.47. The van der Waals surface area contributed by atoms with Crippen LogP contribution in [-0.4, -0.2) is 22.8 Å². The molecule has 0 aliphatic rings. The fourth-order valence-corrected chi connectivity index (χ4v) is 2.13. The van der Waals surface area contributed by atoms with Crippen molar-refractivity contribution in [3.05, 3.63) is 28.3 Å². The highest BCUT2D eigenvalue weighted by molar-refractivity contribution is 7.10. The van der Waals surface area contributed by atoms with E-state index < -0.39 is 13.0 Å². The normalized spacial score (nSPS) is 10.4. The molecule has 112 valence electrons. The van der Waals surface area contributed by atoms with Crippen LogP contribution in [0, 0.1) is 5.13 Å². The maximum absolute atomic E-state index is 12.8. The predicted octanol–water partition coefficient (Wildman–Crippen LogP) is 3.30. The largest absolute Gasteiger partial charge is 0.469 e. The molecule has 2 aromatic heterocycles. The van der Waals surface area contributed by atoms with Crippen molar-refractivity contribution in [2.45, 2.75) is 13.0 Å². The number of alkyl halides is 2. The number of hydrogen-bond donors (Lipinski definition) is 1. The van der Waals surface area contributed by atoms with Crippen molar-refractivity contribution < 1.29 is 17.9 Å². The molecule has 0 aliphatic carbocycles. The van der Waals surface area contributed by atoms with Crippen LogP contribution < -0.4 is 10.1 Å². The second-order valence-corrected chi connectivity index (χ2v) is 4.90. The van der Waals surface area contributed by atoms with Gasteiger partial charge in [0.05, 0.1) is 6.20 Å². The van der Waals surface area contributed by atoms with Crippen LogP contribution in [0.1, 0.15) is 4.88 Å². The molecule has 2 rings (SSSR count).